The van der Waals surface area contributed by atoms with E-state index in [1.165, 1.54) is 40.1 Å². The summed E-state index contributed by atoms with van der Waals surface area (Å²) in [6, 6.07) is 13.3. The highest BCUT2D eigenvalue weighted by molar-refractivity contribution is 7.12. The molecule has 0 bridgehead atoms. The molecule has 122 valence electrons. The number of rotatable bonds is 2. The number of benzene rings is 1. The normalized spacial score (nSPS) is 29.4. The SMILES string of the molecule is Cc1cc2c(s1)[C@H](C1(O)CCCCC1)C[C@@]2(C)c1ccccc1. The van der Waals surface area contributed by atoms with E-state index < -0.39 is 5.60 Å². The second kappa shape index (κ2) is 5.46. The lowest BCUT2D eigenvalue weighted by atomic mass is 9.71. The van der Waals surface area contributed by atoms with Crippen LogP contribution in [-0.2, 0) is 5.41 Å². The van der Waals surface area contributed by atoms with Crippen LogP contribution in [0.15, 0.2) is 36.4 Å². The zero-order valence-electron chi connectivity index (χ0n) is 14.1. The van der Waals surface area contributed by atoms with Crippen LogP contribution in [0.2, 0.25) is 0 Å². The quantitative estimate of drug-likeness (QED) is 0.767. The van der Waals surface area contributed by atoms with Crippen LogP contribution in [0.4, 0.5) is 0 Å². The summed E-state index contributed by atoms with van der Waals surface area (Å²) in [4.78, 5) is 2.83. The van der Waals surface area contributed by atoms with Crippen molar-refractivity contribution in [3.63, 3.8) is 0 Å². The van der Waals surface area contributed by atoms with Gasteiger partial charge in [0.2, 0.25) is 0 Å². The molecule has 2 aliphatic carbocycles. The van der Waals surface area contributed by atoms with E-state index in [1.807, 2.05) is 11.3 Å². The molecule has 1 aromatic heterocycles. The maximum Gasteiger partial charge on any atom is 0.0724 e. The van der Waals surface area contributed by atoms with E-state index in [2.05, 4.69) is 50.2 Å². The Kier molecular flexibility index (Phi) is 3.66. The first kappa shape index (κ1) is 15.4. The minimum atomic E-state index is -0.489. The molecule has 1 aromatic carbocycles. The van der Waals surface area contributed by atoms with Crippen molar-refractivity contribution < 1.29 is 5.11 Å². The number of aliphatic hydroxyl groups is 1. The third-order valence-electron chi connectivity index (χ3n) is 6.19. The van der Waals surface area contributed by atoms with Gasteiger partial charge in [-0.1, -0.05) is 56.5 Å². The van der Waals surface area contributed by atoms with Crippen LogP contribution in [0, 0.1) is 6.92 Å². The summed E-state index contributed by atoms with van der Waals surface area (Å²) in [7, 11) is 0. The van der Waals surface area contributed by atoms with Crippen molar-refractivity contribution in [2.45, 2.75) is 69.3 Å². The highest BCUT2D eigenvalue weighted by Crippen LogP contribution is 2.58. The Morgan fingerprint density at radius 1 is 1.09 bits per heavy atom. The highest BCUT2D eigenvalue weighted by Gasteiger charge is 2.51. The van der Waals surface area contributed by atoms with Crippen molar-refractivity contribution in [2.24, 2.45) is 0 Å². The lowest BCUT2D eigenvalue weighted by Gasteiger charge is -2.38. The first-order valence-corrected chi connectivity index (χ1v) is 9.73. The van der Waals surface area contributed by atoms with Gasteiger partial charge in [0.15, 0.2) is 0 Å². The van der Waals surface area contributed by atoms with Gasteiger partial charge in [-0.15, -0.1) is 11.3 Å². The molecule has 0 spiro atoms. The molecule has 0 amide bonds. The fraction of sp³-hybridized carbons (Fsp3) is 0.524. The van der Waals surface area contributed by atoms with Gasteiger partial charge in [-0.3, -0.25) is 0 Å². The fourth-order valence-corrected chi connectivity index (χ4v) is 6.22. The van der Waals surface area contributed by atoms with E-state index in [4.69, 9.17) is 0 Å². The van der Waals surface area contributed by atoms with Gasteiger partial charge in [-0.05, 0) is 43.4 Å². The Bertz CT molecular complexity index is 696. The van der Waals surface area contributed by atoms with Crippen molar-refractivity contribution >= 4 is 11.3 Å². The molecule has 23 heavy (non-hydrogen) atoms. The van der Waals surface area contributed by atoms with E-state index in [9.17, 15) is 5.11 Å². The van der Waals surface area contributed by atoms with Gasteiger partial charge in [0.1, 0.15) is 0 Å². The van der Waals surface area contributed by atoms with Crippen LogP contribution < -0.4 is 0 Å². The highest BCUT2D eigenvalue weighted by atomic mass is 32.1. The first-order valence-electron chi connectivity index (χ1n) is 8.92. The lowest BCUT2D eigenvalue weighted by Crippen LogP contribution is -2.38. The van der Waals surface area contributed by atoms with E-state index in [0.717, 1.165) is 19.3 Å². The van der Waals surface area contributed by atoms with Gasteiger partial charge in [-0.25, -0.2) is 0 Å². The Balaban J connectivity index is 1.80. The number of fused-ring (bicyclic) bond motifs is 1. The standard InChI is InChI=1S/C21H26OS/c1-15-13-17-19(23-15)18(21(22)11-7-4-8-12-21)14-20(17,2)16-9-5-3-6-10-16/h3,5-6,9-10,13,18,22H,4,7-8,11-12,14H2,1-2H3/t18-,20+/m1/s1. The minimum absolute atomic E-state index is 0.0409. The molecule has 2 heteroatoms. The van der Waals surface area contributed by atoms with Crippen LogP contribution in [0.25, 0.3) is 0 Å². The molecular weight excluding hydrogens is 300 g/mol. The zero-order valence-corrected chi connectivity index (χ0v) is 15.0. The minimum Gasteiger partial charge on any atom is -0.389 e. The van der Waals surface area contributed by atoms with E-state index in [-0.39, 0.29) is 5.41 Å². The van der Waals surface area contributed by atoms with E-state index >= 15 is 0 Å². The number of aryl methyl sites for hydroxylation is 1. The third-order valence-corrected chi connectivity index (χ3v) is 7.35. The van der Waals surface area contributed by atoms with Crippen LogP contribution in [0.5, 0.6) is 0 Å². The van der Waals surface area contributed by atoms with Crippen LogP contribution in [0.1, 0.15) is 72.2 Å². The molecule has 0 aliphatic heterocycles. The molecule has 2 aliphatic rings. The lowest BCUT2D eigenvalue weighted by molar-refractivity contribution is -0.0231. The average molecular weight is 327 g/mol. The molecule has 2 aromatic rings. The molecule has 0 unspecified atom stereocenters. The van der Waals surface area contributed by atoms with Crippen molar-refractivity contribution in [1.82, 2.24) is 0 Å². The third kappa shape index (κ3) is 2.38. The largest absolute Gasteiger partial charge is 0.389 e. The van der Waals surface area contributed by atoms with Gasteiger partial charge in [0.05, 0.1) is 5.60 Å². The van der Waals surface area contributed by atoms with Crippen molar-refractivity contribution in [1.29, 1.82) is 0 Å². The van der Waals surface area contributed by atoms with Gasteiger partial charge >= 0.3 is 0 Å². The summed E-state index contributed by atoms with van der Waals surface area (Å²) in [5.41, 5.74) is 2.41. The summed E-state index contributed by atoms with van der Waals surface area (Å²) in [6.07, 6.45) is 6.62. The smallest absolute Gasteiger partial charge is 0.0724 e. The molecule has 1 fully saturated rings. The molecule has 1 nitrogen and oxygen atoms in total. The van der Waals surface area contributed by atoms with Crippen LogP contribution in [-0.4, -0.2) is 10.7 Å². The Morgan fingerprint density at radius 2 is 1.78 bits per heavy atom. The summed E-state index contributed by atoms with van der Waals surface area (Å²) < 4.78 is 0. The van der Waals surface area contributed by atoms with Crippen molar-refractivity contribution in [2.75, 3.05) is 0 Å². The predicted molar refractivity (Wildman–Crippen MR) is 97.3 cm³/mol. The Hall–Kier alpha value is -1.12. The topological polar surface area (TPSA) is 20.2 Å². The number of hydrogen-bond acceptors (Lipinski definition) is 2. The van der Waals surface area contributed by atoms with Gasteiger partial charge < -0.3 is 5.11 Å². The predicted octanol–water partition coefficient (Wildman–Crippen LogP) is 5.55. The molecule has 1 N–H and O–H groups in total. The molecule has 2 atom stereocenters. The summed E-state index contributed by atoms with van der Waals surface area (Å²) in [5.74, 6) is 0.307. The van der Waals surface area contributed by atoms with E-state index in [1.54, 1.807) is 0 Å². The molecular formula is C21H26OS. The molecule has 0 saturated heterocycles. The molecule has 1 saturated carbocycles. The maximum atomic E-state index is 11.4. The molecule has 4 rings (SSSR count). The summed E-state index contributed by atoms with van der Waals surface area (Å²) in [5, 5.41) is 11.4. The zero-order chi connectivity index (χ0) is 16.1. The van der Waals surface area contributed by atoms with E-state index in [0.29, 0.717) is 5.92 Å². The second-order valence-electron chi connectivity index (χ2n) is 7.75. The second-order valence-corrected chi connectivity index (χ2v) is 9.04. The van der Waals surface area contributed by atoms with Gasteiger partial charge in [0.25, 0.3) is 0 Å². The summed E-state index contributed by atoms with van der Waals surface area (Å²) >= 11 is 1.91. The maximum absolute atomic E-state index is 11.4. The van der Waals surface area contributed by atoms with Crippen molar-refractivity contribution in [3.05, 3.63) is 57.3 Å². The summed E-state index contributed by atoms with van der Waals surface area (Å²) in [6.45, 7) is 4.58. The first-order chi connectivity index (χ1) is 11.0. The Morgan fingerprint density at radius 3 is 2.48 bits per heavy atom. The van der Waals surface area contributed by atoms with Crippen LogP contribution in [0.3, 0.4) is 0 Å². The number of hydrogen-bond donors (Lipinski definition) is 1. The van der Waals surface area contributed by atoms with Gasteiger partial charge in [-0.2, -0.15) is 0 Å². The van der Waals surface area contributed by atoms with Gasteiger partial charge in [0, 0.05) is 21.1 Å². The number of thiophene rings is 1. The fourth-order valence-electron chi connectivity index (χ4n) is 4.86. The molecule has 0 radical (unpaired) electrons. The van der Waals surface area contributed by atoms with Crippen LogP contribution >= 0.6 is 11.3 Å². The van der Waals surface area contributed by atoms with Crippen molar-refractivity contribution in [3.8, 4) is 0 Å². The average Bonchev–Trinajstić information content (AvgIpc) is 3.07. The molecule has 1 heterocycles. The Labute approximate surface area is 143 Å². The monoisotopic (exact) mass is 326 g/mol.